The van der Waals surface area contributed by atoms with Crippen LogP contribution in [0.1, 0.15) is 45.8 Å². The number of carbonyl (C=O) groups is 1. The summed E-state index contributed by atoms with van der Waals surface area (Å²) in [7, 11) is -4.30. The standard InChI is InChI=1S/C18H24N5O8P.Na/c1-3-5-11(24)22-16-13-17(20-8-19-16)23(9-21-13)18-15-14(30-32(26,27)31-15)10(29-18)7-28-12(25)6-4-2;/h8-10,14-15,18H,3-7H2,1-2H3,(H,26,27)(H,19,20,22,24);/q;+1/p-1/t10-,14-,15-,18-;/m1./s1. The second-order valence-corrected chi connectivity index (χ2v) is 8.74. The van der Waals surface area contributed by atoms with Gasteiger partial charge in [-0.1, -0.05) is 20.3 Å². The van der Waals surface area contributed by atoms with E-state index in [1.165, 1.54) is 17.2 Å². The van der Waals surface area contributed by atoms with Crippen LogP contribution in [0.2, 0.25) is 0 Å². The van der Waals surface area contributed by atoms with Gasteiger partial charge in [0.25, 0.3) is 0 Å². The molecule has 15 heteroatoms. The van der Waals surface area contributed by atoms with Gasteiger partial charge in [-0.05, 0) is 18.7 Å². The molecule has 33 heavy (non-hydrogen) atoms. The van der Waals surface area contributed by atoms with E-state index in [1.54, 1.807) is 0 Å². The van der Waals surface area contributed by atoms with E-state index in [4.69, 9.17) is 18.5 Å². The van der Waals surface area contributed by atoms with Gasteiger partial charge in [0, 0.05) is 6.42 Å². The van der Waals surface area contributed by atoms with Gasteiger partial charge in [-0.3, -0.25) is 18.4 Å². The molecule has 0 spiro atoms. The Balaban J connectivity index is 0.00000306. The Hall–Kier alpha value is -1.44. The second kappa shape index (κ2) is 10.9. The van der Waals surface area contributed by atoms with E-state index < -0.39 is 38.3 Å². The first-order chi connectivity index (χ1) is 15.3. The molecule has 2 saturated heterocycles. The molecule has 2 aliphatic heterocycles. The number of hydrogen-bond acceptors (Lipinski definition) is 11. The van der Waals surface area contributed by atoms with Crippen molar-refractivity contribution < 1.29 is 67.4 Å². The number of nitrogens with zero attached hydrogens (tertiary/aromatic N) is 5. The number of phosphoric acid groups is 1. The van der Waals surface area contributed by atoms with Crippen LogP contribution in [0.4, 0.5) is 5.82 Å². The Morgan fingerprint density at radius 1 is 1.24 bits per heavy atom. The molecule has 4 rings (SSSR count). The Kier molecular flexibility index (Phi) is 8.62. The fourth-order valence-corrected chi connectivity index (χ4v) is 4.73. The topological polar surface area (TPSA) is 170 Å². The molecule has 2 aromatic heterocycles. The maximum atomic E-state index is 12.1. The molecule has 13 nitrogen and oxygen atoms in total. The van der Waals surface area contributed by atoms with E-state index in [0.29, 0.717) is 18.5 Å². The van der Waals surface area contributed by atoms with Gasteiger partial charge in [-0.15, -0.1) is 0 Å². The zero-order chi connectivity index (χ0) is 22.9. The van der Waals surface area contributed by atoms with E-state index in [2.05, 4.69) is 19.9 Å². The quantitative estimate of drug-likeness (QED) is 0.144. The van der Waals surface area contributed by atoms with E-state index in [0.717, 1.165) is 0 Å². The molecular formula is C18H23N5NaO8P. The summed E-state index contributed by atoms with van der Waals surface area (Å²) in [6.45, 7) is 3.54. The Bertz CT molecular complexity index is 1080. The Labute approximate surface area is 211 Å². The van der Waals surface area contributed by atoms with Crippen molar-refractivity contribution in [3.05, 3.63) is 12.7 Å². The minimum Gasteiger partial charge on any atom is -0.862 e. The predicted octanol–water partition coefficient (Wildman–Crippen LogP) is -1.85. The molecule has 4 heterocycles. The number of aromatic nitrogens is 4. The molecule has 0 radical (unpaired) electrons. The number of ether oxygens (including phenoxy) is 2. The summed E-state index contributed by atoms with van der Waals surface area (Å²) in [6.07, 6.45) is 0.697. The zero-order valence-electron chi connectivity index (χ0n) is 18.5. The fourth-order valence-electron chi connectivity index (χ4n) is 3.59. The Morgan fingerprint density at radius 3 is 2.70 bits per heavy atom. The fraction of sp³-hybridized carbons (Fsp3) is 0.611. The van der Waals surface area contributed by atoms with Crippen molar-refractivity contribution in [2.75, 3.05) is 6.61 Å². The van der Waals surface area contributed by atoms with Gasteiger partial charge in [0.1, 0.15) is 31.2 Å². The third-order valence-electron chi connectivity index (χ3n) is 4.97. The smallest absolute Gasteiger partial charge is 0.862 e. The van der Waals surface area contributed by atoms with Crippen molar-refractivity contribution >= 4 is 36.7 Å². The van der Waals surface area contributed by atoms with Gasteiger partial charge in [-0.25, -0.2) is 24.5 Å². The number of aliphatic imine (C=N–C) groups is 1. The molecule has 1 N–H and O–H groups in total. The molecule has 1 unspecified atom stereocenters. The molecule has 174 valence electrons. The van der Waals surface area contributed by atoms with Crippen LogP contribution in [-0.4, -0.2) is 61.2 Å². The van der Waals surface area contributed by atoms with Crippen LogP contribution < -0.4 is 34.7 Å². The number of carbonyl (C=O) groups excluding carboxylic acids is 1. The van der Waals surface area contributed by atoms with Crippen LogP contribution in [0, 0.1) is 0 Å². The molecular weight excluding hydrogens is 468 g/mol. The number of hydrogen-bond donors (Lipinski definition) is 1. The average molecular weight is 491 g/mol. The maximum absolute atomic E-state index is 12.1. The third-order valence-corrected chi connectivity index (χ3v) is 5.99. The van der Waals surface area contributed by atoms with E-state index in [-0.39, 0.29) is 66.2 Å². The summed E-state index contributed by atoms with van der Waals surface area (Å²) in [5, 5.41) is 11.9. The first-order valence-electron chi connectivity index (χ1n) is 10.3. The van der Waals surface area contributed by atoms with Gasteiger partial charge in [-0.2, -0.15) is 0 Å². The van der Waals surface area contributed by atoms with Crippen molar-refractivity contribution in [3.8, 4) is 0 Å². The van der Waals surface area contributed by atoms with Crippen LogP contribution in [0.25, 0.3) is 11.2 Å². The summed E-state index contributed by atoms with van der Waals surface area (Å²) in [5.41, 5.74) is 0.555. The average Bonchev–Trinajstić information content (AvgIpc) is 3.38. The van der Waals surface area contributed by atoms with E-state index in [9.17, 15) is 19.4 Å². The zero-order valence-corrected chi connectivity index (χ0v) is 21.4. The maximum Gasteiger partial charge on any atom is 1.00 e. The van der Waals surface area contributed by atoms with E-state index in [1.807, 2.05) is 13.8 Å². The number of fused-ring (bicyclic) bond motifs is 2. The van der Waals surface area contributed by atoms with Crippen molar-refractivity contribution in [1.82, 2.24) is 19.5 Å². The van der Waals surface area contributed by atoms with Crippen molar-refractivity contribution in [3.63, 3.8) is 0 Å². The van der Waals surface area contributed by atoms with E-state index >= 15 is 0 Å². The van der Waals surface area contributed by atoms with Crippen molar-refractivity contribution in [2.45, 2.75) is 64.1 Å². The van der Waals surface area contributed by atoms with Crippen LogP contribution in [0.5, 0.6) is 0 Å². The first kappa shape index (κ1) is 26.2. The van der Waals surface area contributed by atoms with Crippen molar-refractivity contribution in [2.24, 2.45) is 4.99 Å². The SMILES string of the molecule is CCCC(=O)OC[C@H]1O[C@@H](n2cnc3c(N=C([O-])CCC)ncnc32)[C@@H]2OP(=O)(O)O[C@@H]21.[Na+]. The normalized spacial score (nSPS) is 29.1. The second-order valence-electron chi connectivity index (χ2n) is 7.38. The summed E-state index contributed by atoms with van der Waals surface area (Å²) in [6, 6.07) is 0. The van der Waals surface area contributed by atoms with Gasteiger partial charge >= 0.3 is 43.3 Å². The monoisotopic (exact) mass is 491 g/mol. The molecule has 0 saturated carbocycles. The largest absolute Gasteiger partial charge is 1.00 e. The minimum atomic E-state index is -4.30. The van der Waals surface area contributed by atoms with Gasteiger partial charge in [0.2, 0.25) is 0 Å². The summed E-state index contributed by atoms with van der Waals surface area (Å²) in [4.78, 5) is 38.1. The van der Waals surface area contributed by atoms with Crippen molar-refractivity contribution in [1.29, 1.82) is 0 Å². The molecule has 2 fully saturated rings. The molecule has 0 bridgehead atoms. The van der Waals surface area contributed by atoms with Gasteiger partial charge in [0.05, 0.1) is 6.33 Å². The summed E-state index contributed by atoms with van der Waals surface area (Å²) >= 11 is 0. The number of esters is 1. The number of imidazole rings is 1. The predicted molar refractivity (Wildman–Crippen MR) is 107 cm³/mol. The van der Waals surface area contributed by atoms with Crippen LogP contribution in [0.15, 0.2) is 17.6 Å². The first-order valence-corrected chi connectivity index (χ1v) is 11.7. The van der Waals surface area contributed by atoms with Gasteiger partial charge < -0.3 is 19.5 Å². The number of phosphoric ester groups is 1. The molecule has 0 aromatic carbocycles. The summed E-state index contributed by atoms with van der Waals surface area (Å²) in [5.74, 6) is -0.629. The van der Waals surface area contributed by atoms with Gasteiger partial charge in [0.15, 0.2) is 23.2 Å². The van der Waals surface area contributed by atoms with Crippen LogP contribution in [-0.2, 0) is 27.9 Å². The summed E-state index contributed by atoms with van der Waals surface area (Å²) < 4.78 is 35.1. The van der Waals surface area contributed by atoms with Crippen LogP contribution >= 0.6 is 7.82 Å². The molecule has 0 amide bonds. The molecule has 2 aromatic rings. The number of rotatable bonds is 8. The molecule has 0 aliphatic carbocycles. The van der Waals surface area contributed by atoms with Crippen LogP contribution in [0.3, 0.4) is 0 Å². The minimum absolute atomic E-state index is 0. The molecule has 5 atom stereocenters. The third kappa shape index (κ3) is 5.63. The molecule has 2 aliphatic rings. The Morgan fingerprint density at radius 2 is 1.97 bits per heavy atom.